The number of primary amides is 2. The van der Waals surface area contributed by atoms with Crippen LogP contribution in [0.1, 0.15) is 175 Å². The van der Waals surface area contributed by atoms with Gasteiger partial charge in [-0.15, -0.1) is 0 Å². The van der Waals surface area contributed by atoms with Crippen LogP contribution in [-0.2, 0) is 68.7 Å². The number of hydrogen-bond acceptors (Lipinski definition) is 20. The van der Waals surface area contributed by atoms with Crippen molar-refractivity contribution in [2.45, 2.75) is 254 Å². The monoisotopic (exact) mass is 1450 g/mol. The third-order valence-electron chi connectivity index (χ3n) is 16.0. The molecule has 37 nitrogen and oxygen atoms in total. The van der Waals surface area contributed by atoms with Gasteiger partial charge in [-0.2, -0.15) is 0 Å². The molecule has 0 radical (unpaired) electrons. The van der Waals surface area contributed by atoms with Gasteiger partial charge in [0.15, 0.2) is 11.9 Å². The number of carboxylic acid groups (broad SMARTS) is 1. The number of rotatable bonds is 55. The zero-order valence-electron chi connectivity index (χ0n) is 58.8. The van der Waals surface area contributed by atoms with E-state index in [0.717, 1.165) is 52.9 Å². The van der Waals surface area contributed by atoms with Crippen LogP contribution < -0.4 is 87.6 Å². The molecule has 0 bridgehead atoms. The lowest BCUT2D eigenvalue weighted by Gasteiger charge is -2.29. The van der Waals surface area contributed by atoms with Crippen LogP contribution in [0.4, 0.5) is 0 Å². The minimum Gasteiger partial charge on any atom is -0.481 e. The summed E-state index contributed by atoms with van der Waals surface area (Å²) in [7, 11) is 0. The molecule has 12 amide bonds. The predicted octanol–water partition coefficient (Wildman–Crippen LogP) is -5.59. The van der Waals surface area contributed by atoms with E-state index in [1.54, 1.807) is 30.3 Å². The normalized spacial score (nSPS) is 14.9. The Morgan fingerprint density at radius 1 is 0.382 bits per heavy atom. The Bertz CT molecular complexity index is 2880. The second-order valence-corrected chi connectivity index (χ2v) is 25.0. The Kier molecular flexibility index (Phi) is 45.3. The molecule has 1 rings (SSSR count). The van der Waals surface area contributed by atoms with Gasteiger partial charge in [0, 0.05) is 38.8 Å². The molecule has 0 aliphatic rings. The van der Waals surface area contributed by atoms with E-state index >= 15 is 0 Å². The van der Waals surface area contributed by atoms with Gasteiger partial charge in [-0.1, -0.05) is 114 Å². The van der Waals surface area contributed by atoms with E-state index in [1.165, 1.54) is 44.9 Å². The summed E-state index contributed by atoms with van der Waals surface area (Å²) in [5.41, 5.74) is 33.4. The molecule has 0 saturated carbocycles. The standard InChI is InChI=1S/C65H112N18O19/c1-5-6-7-8-9-10-11-12-13-14-15-16-20-27-49(90)74-41(25-21-32-72-64(68)69)55(94)75-43(28-30-48(66)89)57(96)81-51(37(2)86)61(100)76-42(26-22-33-73-65(70)71)56(95)79-46(35-84)59(98)80-47(36-85)60(99)83-52(38(3)87)62(101)77-44(29-31-50(91)92)58(97)82-53(39(4)88)63(102)78-45(54(67)93)34-40-23-18-17-19-24-40/h17-19,23-24,37-39,41-47,51-53,84-88H,5-16,20-22,25-36H2,1-4H3,(H2,66,89)(H2,67,93)(H,74,90)(H,75,94)(H,76,100)(H,77,101)(H,78,102)(H,79,95)(H,80,98)(H,81,96)(H,82,97)(H,83,99)(H,91,92)(H4,68,69,72)(H4,70,71,73)/t37-,38-,39-,41+,42+,43+,44+,45+,46+,47+,51+,52+,53+/m1/s1. The Labute approximate surface area is 593 Å². The van der Waals surface area contributed by atoms with E-state index in [2.05, 4.69) is 70.1 Å². The van der Waals surface area contributed by atoms with Crippen LogP contribution in [0.25, 0.3) is 0 Å². The highest BCUT2D eigenvalue weighted by Gasteiger charge is 2.38. The third kappa shape index (κ3) is 38.5. The number of guanidine groups is 2. The summed E-state index contributed by atoms with van der Waals surface area (Å²) in [5, 5.41) is 85.2. The van der Waals surface area contributed by atoms with Crippen LogP contribution in [0.15, 0.2) is 40.3 Å². The highest BCUT2D eigenvalue weighted by molar-refractivity contribution is 5.99. The molecule has 0 saturated heterocycles. The molecule has 28 N–H and O–H groups in total. The van der Waals surface area contributed by atoms with Crippen molar-refractivity contribution in [3.63, 3.8) is 0 Å². The molecular formula is C65H112N18O19. The zero-order valence-corrected chi connectivity index (χ0v) is 58.8. The minimum absolute atomic E-state index is 0.0187. The number of benzene rings is 1. The highest BCUT2D eigenvalue weighted by atomic mass is 16.4. The van der Waals surface area contributed by atoms with Gasteiger partial charge < -0.3 is 118 Å². The van der Waals surface area contributed by atoms with Crippen molar-refractivity contribution in [2.24, 2.45) is 44.4 Å². The van der Waals surface area contributed by atoms with Crippen molar-refractivity contribution in [3.8, 4) is 0 Å². The summed E-state index contributed by atoms with van der Waals surface area (Å²) in [6.07, 6.45) is 6.16. The van der Waals surface area contributed by atoms with Crippen molar-refractivity contribution in [2.75, 3.05) is 26.3 Å². The van der Waals surface area contributed by atoms with E-state index in [-0.39, 0.29) is 63.5 Å². The number of hydrogen-bond donors (Lipinski definition) is 22. The van der Waals surface area contributed by atoms with Crippen molar-refractivity contribution < 1.29 is 93.0 Å². The first-order valence-corrected chi connectivity index (χ1v) is 34.5. The molecule has 37 heteroatoms. The Morgan fingerprint density at radius 3 is 1.07 bits per heavy atom. The van der Waals surface area contributed by atoms with E-state index in [4.69, 9.17) is 34.4 Å². The molecule has 13 atom stereocenters. The van der Waals surface area contributed by atoms with Gasteiger partial charge >= 0.3 is 5.97 Å². The van der Waals surface area contributed by atoms with Crippen LogP contribution in [-0.4, -0.2) is 224 Å². The maximum Gasteiger partial charge on any atom is 0.303 e. The molecule has 0 aliphatic carbocycles. The first kappa shape index (κ1) is 90.7. The van der Waals surface area contributed by atoms with Crippen LogP contribution in [0.3, 0.4) is 0 Å². The SMILES string of the molecule is CCCCCCCCCCCCCCCC(=O)N[C@@H](CCCN=C(N)N)C(=O)N[C@@H](CCC(N)=O)C(=O)N[C@H](C(=O)N[C@@H](CCCN=C(N)N)C(=O)N[C@@H](CO)C(=O)N[C@@H](CO)C(=O)N[C@H](C(=O)N[C@@H](CCC(=O)O)C(=O)N[C@H](C(=O)N[C@@H](Cc1ccccc1)C(N)=O)[C@@H](C)O)[C@@H](C)O)[C@@H](C)O. The van der Waals surface area contributed by atoms with Crippen molar-refractivity contribution in [3.05, 3.63) is 35.9 Å². The molecule has 1 aromatic rings. The summed E-state index contributed by atoms with van der Waals surface area (Å²) in [5.74, 6) is -15.4. The van der Waals surface area contributed by atoms with Gasteiger partial charge in [0.05, 0.1) is 31.5 Å². The van der Waals surface area contributed by atoms with Crippen molar-refractivity contribution in [1.29, 1.82) is 0 Å². The summed E-state index contributed by atoms with van der Waals surface area (Å²) < 4.78 is 0. The van der Waals surface area contributed by atoms with Gasteiger partial charge in [-0.3, -0.25) is 72.3 Å². The maximum atomic E-state index is 14.1. The summed E-state index contributed by atoms with van der Waals surface area (Å²) in [6.45, 7) is 2.79. The molecule has 576 valence electrons. The van der Waals surface area contributed by atoms with Crippen LogP contribution in [0.5, 0.6) is 0 Å². The number of aliphatic hydroxyl groups is 5. The number of amides is 12. The van der Waals surface area contributed by atoms with Crippen molar-refractivity contribution >= 4 is 88.8 Å². The number of nitrogens with one attached hydrogen (secondary N) is 10. The molecule has 0 heterocycles. The number of carbonyl (C=O) groups excluding carboxylic acids is 12. The predicted molar refractivity (Wildman–Crippen MR) is 373 cm³/mol. The Balaban J connectivity index is 3.36. The molecule has 1 aromatic carbocycles. The first-order chi connectivity index (χ1) is 48.3. The first-order valence-electron chi connectivity index (χ1n) is 34.5. The number of nitrogens with two attached hydrogens (primary N) is 6. The van der Waals surface area contributed by atoms with Gasteiger partial charge in [-0.25, -0.2) is 0 Å². The lowest BCUT2D eigenvalue weighted by molar-refractivity contribution is -0.140. The quantitative estimate of drug-likeness (QED) is 0.0164. The summed E-state index contributed by atoms with van der Waals surface area (Å²) in [4.78, 5) is 182. The molecular weight excluding hydrogens is 1340 g/mol. The Hall–Kier alpha value is -9.33. The number of unbranched alkanes of at least 4 members (excludes halogenated alkanes) is 12. The second-order valence-electron chi connectivity index (χ2n) is 25.0. The van der Waals surface area contributed by atoms with Crippen LogP contribution in [0.2, 0.25) is 0 Å². The van der Waals surface area contributed by atoms with Gasteiger partial charge in [-0.05, 0) is 71.3 Å². The largest absolute Gasteiger partial charge is 0.481 e. The van der Waals surface area contributed by atoms with E-state index < -0.39 is 194 Å². The molecule has 102 heavy (non-hydrogen) atoms. The number of aliphatic imine (C=N–C) groups is 2. The molecule has 0 fully saturated rings. The topological polar surface area (TPSA) is 644 Å². The van der Waals surface area contributed by atoms with Crippen molar-refractivity contribution in [1.82, 2.24) is 53.2 Å². The van der Waals surface area contributed by atoms with Gasteiger partial charge in [0.1, 0.15) is 60.4 Å². The smallest absolute Gasteiger partial charge is 0.303 e. The second kappa shape index (κ2) is 50.9. The van der Waals surface area contributed by atoms with E-state index in [1.807, 2.05) is 0 Å². The maximum absolute atomic E-state index is 14.1. The highest BCUT2D eigenvalue weighted by Crippen LogP contribution is 2.15. The zero-order chi connectivity index (χ0) is 76.9. The van der Waals surface area contributed by atoms with Gasteiger partial charge in [0.2, 0.25) is 70.9 Å². The molecule has 0 unspecified atom stereocenters. The van der Waals surface area contributed by atoms with Gasteiger partial charge in [0.25, 0.3) is 0 Å². The summed E-state index contributed by atoms with van der Waals surface area (Å²) in [6, 6.07) is -9.42. The van der Waals surface area contributed by atoms with E-state index in [9.17, 15) is 93.0 Å². The average Bonchev–Trinajstić information content (AvgIpc) is 0.860. The van der Waals surface area contributed by atoms with Crippen LogP contribution in [0, 0.1) is 0 Å². The Morgan fingerprint density at radius 2 is 0.706 bits per heavy atom. The summed E-state index contributed by atoms with van der Waals surface area (Å²) >= 11 is 0. The number of aliphatic hydroxyl groups excluding tert-OH is 5. The molecule has 0 aliphatic heterocycles. The molecule has 0 aromatic heterocycles. The molecule has 0 spiro atoms. The lowest BCUT2D eigenvalue weighted by Crippen LogP contribution is -2.63. The third-order valence-corrected chi connectivity index (χ3v) is 16.0. The fourth-order valence-electron chi connectivity index (χ4n) is 10.2. The number of aliphatic carboxylic acids is 1. The van der Waals surface area contributed by atoms with E-state index in [0.29, 0.717) is 12.0 Å². The minimum atomic E-state index is -2.06. The lowest BCUT2D eigenvalue weighted by atomic mass is 10.0. The fourth-order valence-corrected chi connectivity index (χ4v) is 10.2. The average molecular weight is 1450 g/mol. The fraction of sp³-hybridized carbons (Fsp3) is 0.677. The number of carbonyl (C=O) groups is 13. The number of nitrogens with zero attached hydrogens (tertiary/aromatic N) is 2. The number of carboxylic acids is 1. The van der Waals surface area contributed by atoms with Crippen LogP contribution >= 0.6 is 0 Å².